The van der Waals surface area contributed by atoms with Gasteiger partial charge in [0.25, 0.3) is 0 Å². The molecule has 0 spiro atoms. The van der Waals surface area contributed by atoms with Crippen LogP contribution in [-0.4, -0.2) is 51.1 Å². The Morgan fingerprint density at radius 2 is 1.96 bits per heavy atom. The predicted octanol–water partition coefficient (Wildman–Crippen LogP) is 2.18. The molecule has 0 aromatic heterocycles. The maximum Gasteiger partial charge on any atom is 0.321 e. The zero-order valence-electron chi connectivity index (χ0n) is 13.5. The van der Waals surface area contributed by atoms with Gasteiger partial charge in [0, 0.05) is 12.2 Å². The fourth-order valence-electron chi connectivity index (χ4n) is 2.23. The van der Waals surface area contributed by atoms with Crippen molar-refractivity contribution in [2.45, 2.75) is 32.0 Å². The van der Waals surface area contributed by atoms with E-state index >= 15 is 0 Å². The van der Waals surface area contributed by atoms with Crippen molar-refractivity contribution in [1.29, 1.82) is 0 Å². The minimum atomic E-state index is -0.0750. The number of anilines is 1. The van der Waals surface area contributed by atoms with Crippen LogP contribution in [0.2, 0.25) is 0 Å². The Morgan fingerprint density at radius 1 is 1.26 bits per heavy atom. The van der Waals surface area contributed by atoms with Crippen molar-refractivity contribution >= 4 is 11.7 Å². The second kappa shape index (κ2) is 7.66. The lowest BCUT2D eigenvalue weighted by Crippen LogP contribution is -2.42. The minimum absolute atomic E-state index is 0.0750. The number of amides is 2. The number of ether oxygens (including phenoxy) is 3. The number of urea groups is 1. The van der Waals surface area contributed by atoms with Gasteiger partial charge in [-0.1, -0.05) is 13.3 Å². The number of carbonyl (C=O) groups is 1. The Bertz CT molecular complexity index is 512. The van der Waals surface area contributed by atoms with E-state index in [4.69, 9.17) is 14.2 Å². The average Bonchev–Trinajstić information content (AvgIpc) is 3.46. The summed E-state index contributed by atoms with van der Waals surface area (Å²) in [6, 6.07) is 7.51. The van der Waals surface area contributed by atoms with Gasteiger partial charge in [-0.15, -0.1) is 0 Å². The van der Waals surface area contributed by atoms with Crippen LogP contribution in [0.1, 0.15) is 19.8 Å². The Hall–Kier alpha value is -1.79. The fraction of sp³-hybridized carbons (Fsp3) is 0.588. The summed E-state index contributed by atoms with van der Waals surface area (Å²) in [4.78, 5) is 14.1. The van der Waals surface area contributed by atoms with Gasteiger partial charge in [0.05, 0.1) is 25.9 Å². The molecule has 2 saturated heterocycles. The molecule has 2 aliphatic rings. The molecular formula is C17H24N2O4. The van der Waals surface area contributed by atoms with Crippen molar-refractivity contribution in [2.75, 3.05) is 37.8 Å². The first-order valence-electron chi connectivity index (χ1n) is 8.27. The smallest absolute Gasteiger partial charge is 0.321 e. The van der Waals surface area contributed by atoms with Crippen LogP contribution in [0.25, 0.3) is 0 Å². The molecule has 0 saturated carbocycles. The third kappa shape index (κ3) is 5.11. The highest BCUT2D eigenvalue weighted by Crippen LogP contribution is 2.23. The van der Waals surface area contributed by atoms with Crippen LogP contribution in [0, 0.1) is 0 Å². The number of hydrogen-bond donors (Lipinski definition) is 1. The summed E-state index contributed by atoms with van der Waals surface area (Å²) in [5, 5.41) is 2.96. The van der Waals surface area contributed by atoms with Crippen LogP contribution in [-0.2, 0) is 9.47 Å². The van der Waals surface area contributed by atoms with Crippen molar-refractivity contribution in [3.63, 3.8) is 0 Å². The number of unbranched alkanes of at least 4 members (excludes halogenated alkanes) is 1. The van der Waals surface area contributed by atoms with Crippen LogP contribution in [0.4, 0.5) is 10.5 Å². The second-order valence-electron chi connectivity index (χ2n) is 5.91. The SMILES string of the molecule is CCCCNC(=O)N(CC1CO1)c1ccc(OCC2CO2)cc1. The van der Waals surface area contributed by atoms with E-state index in [0.717, 1.165) is 37.5 Å². The molecule has 2 aliphatic heterocycles. The molecule has 1 N–H and O–H groups in total. The number of carbonyl (C=O) groups excluding carboxylic acids is 1. The zero-order chi connectivity index (χ0) is 16.1. The van der Waals surface area contributed by atoms with Crippen molar-refractivity contribution < 1.29 is 19.0 Å². The Labute approximate surface area is 136 Å². The summed E-state index contributed by atoms with van der Waals surface area (Å²) >= 11 is 0. The molecule has 1 aromatic carbocycles. The molecule has 23 heavy (non-hydrogen) atoms. The first-order valence-corrected chi connectivity index (χ1v) is 8.27. The third-order valence-electron chi connectivity index (χ3n) is 3.83. The average molecular weight is 320 g/mol. The molecule has 2 heterocycles. The van der Waals surface area contributed by atoms with Gasteiger partial charge < -0.3 is 19.5 Å². The molecule has 126 valence electrons. The van der Waals surface area contributed by atoms with Crippen LogP contribution >= 0.6 is 0 Å². The van der Waals surface area contributed by atoms with E-state index in [2.05, 4.69) is 12.2 Å². The topological polar surface area (TPSA) is 66.6 Å². The van der Waals surface area contributed by atoms with Gasteiger partial charge >= 0.3 is 6.03 Å². The molecule has 2 atom stereocenters. The van der Waals surface area contributed by atoms with Gasteiger partial charge in [-0.2, -0.15) is 0 Å². The van der Waals surface area contributed by atoms with Crippen molar-refractivity contribution in [3.05, 3.63) is 24.3 Å². The number of nitrogens with one attached hydrogen (secondary N) is 1. The largest absolute Gasteiger partial charge is 0.491 e. The van der Waals surface area contributed by atoms with Gasteiger partial charge in [-0.3, -0.25) is 4.90 Å². The fourth-order valence-corrected chi connectivity index (χ4v) is 2.23. The zero-order valence-corrected chi connectivity index (χ0v) is 13.5. The summed E-state index contributed by atoms with van der Waals surface area (Å²) < 4.78 is 16.0. The lowest BCUT2D eigenvalue weighted by atomic mass is 10.2. The quantitative estimate of drug-likeness (QED) is 0.559. The molecule has 2 unspecified atom stereocenters. The molecule has 6 heteroatoms. The van der Waals surface area contributed by atoms with E-state index in [1.165, 1.54) is 0 Å². The number of hydrogen-bond acceptors (Lipinski definition) is 4. The molecule has 6 nitrogen and oxygen atoms in total. The summed E-state index contributed by atoms with van der Waals surface area (Å²) in [6.07, 6.45) is 2.43. The number of nitrogens with zero attached hydrogens (tertiary/aromatic N) is 1. The van der Waals surface area contributed by atoms with E-state index in [9.17, 15) is 4.79 Å². The Kier molecular flexibility index (Phi) is 5.35. The van der Waals surface area contributed by atoms with Crippen LogP contribution in [0.15, 0.2) is 24.3 Å². The van der Waals surface area contributed by atoms with Gasteiger partial charge in [-0.05, 0) is 30.7 Å². The maximum absolute atomic E-state index is 12.4. The van der Waals surface area contributed by atoms with Crippen LogP contribution < -0.4 is 15.0 Å². The van der Waals surface area contributed by atoms with Crippen molar-refractivity contribution in [1.82, 2.24) is 5.32 Å². The summed E-state index contributed by atoms with van der Waals surface area (Å²) in [5.74, 6) is 0.790. The summed E-state index contributed by atoms with van der Waals surface area (Å²) in [7, 11) is 0. The van der Waals surface area contributed by atoms with Crippen molar-refractivity contribution in [2.24, 2.45) is 0 Å². The molecule has 2 fully saturated rings. The normalized spacial score (nSPS) is 21.6. The molecule has 3 rings (SSSR count). The highest BCUT2D eigenvalue weighted by atomic mass is 16.6. The van der Waals surface area contributed by atoms with Crippen LogP contribution in [0.5, 0.6) is 5.75 Å². The maximum atomic E-state index is 12.4. The van der Waals surface area contributed by atoms with E-state index in [-0.39, 0.29) is 18.2 Å². The molecule has 0 bridgehead atoms. The molecule has 1 aromatic rings. The van der Waals surface area contributed by atoms with E-state index < -0.39 is 0 Å². The molecule has 2 amide bonds. The molecule has 0 aliphatic carbocycles. The first-order chi connectivity index (χ1) is 11.3. The van der Waals surface area contributed by atoms with Crippen LogP contribution in [0.3, 0.4) is 0 Å². The summed E-state index contributed by atoms with van der Waals surface area (Å²) in [6.45, 7) is 5.46. The number of epoxide rings is 2. The monoisotopic (exact) mass is 320 g/mol. The molecule has 0 radical (unpaired) electrons. The standard InChI is InChI=1S/C17H24N2O4/c1-2-3-8-18-17(20)19(9-15-10-22-15)13-4-6-14(7-5-13)21-11-16-12-23-16/h4-7,15-16H,2-3,8-12H2,1H3,(H,18,20). The van der Waals surface area contributed by atoms with Crippen molar-refractivity contribution in [3.8, 4) is 5.75 Å². The number of benzene rings is 1. The third-order valence-corrected chi connectivity index (χ3v) is 3.83. The summed E-state index contributed by atoms with van der Waals surface area (Å²) in [5.41, 5.74) is 0.851. The number of rotatable bonds is 9. The minimum Gasteiger partial charge on any atom is -0.491 e. The Morgan fingerprint density at radius 3 is 2.57 bits per heavy atom. The van der Waals surface area contributed by atoms with Gasteiger partial charge in [-0.25, -0.2) is 4.79 Å². The van der Waals surface area contributed by atoms with E-state index in [0.29, 0.717) is 19.7 Å². The molecular weight excluding hydrogens is 296 g/mol. The lowest BCUT2D eigenvalue weighted by molar-refractivity contribution is 0.245. The predicted molar refractivity (Wildman–Crippen MR) is 87.1 cm³/mol. The first kappa shape index (κ1) is 16.1. The van der Waals surface area contributed by atoms with E-state index in [1.54, 1.807) is 4.90 Å². The van der Waals surface area contributed by atoms with Gasteiger partial charge in [0.2, 0.25) is 0 Å². The highest BCUT2D eigenvalue weighted by Gasteiger charge is 2.29. The van der Waals surface area contributed by atoms with Gasteiger partial charge in [0.15, 0.2) is 0 Å². The van der Waals surface area contributed by atoms with Gasteiger partial charge in [0.1, 0.15) is 18.5 Å². The second-order valence-corrected chi connectivity index (χ2v) is 5.91. The highest BCUT2D eigenvalue weighted by molar-refractivity contribution is 5.92. The Balaban J connectivity index is 1.59. The lowest BCUT2D eigenvalue weighted by Gasteiger charge is -2.22. The van der Waals surface area contributed by atoms with E-state index in [1.807, 2.05) is 24.3 Å².